The highest BCUT2D eigenvalue weighted by molar-refractivity contribution is 5.80. The molecule has 19 heavy (non-hydrogen) atoms. The maximum absolute atomic E-state index is 10.6. The summed E-state index contributed by atoms with van der Waals surface area (Å²) in [5.74, 6) is -0.778. The van der Waals surface area contributed by atoms with Gasteiger partial charge in [-0.2, -0.15) is 0 Å². The molecular weight excluding hydrogens is 248 g/mol. The number of carboxylic acid groups (broad SMARTS) is 1. The van der Waals surface area contributed by atoms with Crippen LogP contribution in [0.15, 0.2) is 29.3 Å². The van der Waals surface area contributed by atoms with E-state index in [9.17, 15) is 14.9 Å². The first-order chi connectivity index (χ1) is 9.09. The van der Waals surface area contributed by atoms with E-state index in [1.54, 1.807) is 18.3 Å². The molecule has 0 saturated carbocycles. The Morgan fingerprint density at radius 1 is 1.37 bits per heavy atom. The number of non-ortho nitro benzene ring substituents is 1. The highest BCUT2D eigenvalue weighted by Gasteiger charge is 2.03. The lowest BCUT2D eigenvalue weighted by Crippen LogP contribution is -1.94. The SMILES string of the molecule is O=C(O)CCCCC/N=C/c1cccc([N+](=O)[O-])c1. The molecule has 0 atom stereocenters. The van der Waals surface area contributed by atoms with Crippen LogP contribution in [0.5, 0.6) is 0 Å². The molecule has 102 valence electrons. The van der Waals surface area contributed by atoms with Gasteiger partial charge >= 0.3 is 5.97 Å². The Morgan fingerprint density at radius 3 is 2.84 bits per heavy atom. The lowest BCUT2D eigenvalue weighted by molar-refractivity contribution is -0.384. The minimum absolute atomic E-state index is 0.0467. The van der Waals surface area contributed by atoms with E-state index in [0.717, 1.165) is 12.8 Å². The first-order valence-corrected chi connectivity index (χ1v) is 6.05. The molecule has 6 heteroatoms. The van der Waals surface area contributed by atoms with Gasteiger partial charge in [-0.15, -0.1) is 0 Å². The van der Waals surface area contributed by atoms with Gasteiger partial charge < -0.3 is 5.11 Å². The zero-order chi connectivity index (χ0) is 14.1. The van der Waals surface area contributed by atoms with Gasteiger partial charge in [-0.1, -0.05) is 18.6 Å². The predicted molar refractivity (Wildman–Crippen MR) is 71.7 cm³/mol. The molecule has 1 rings (SSSR count). The van der Waals surface area contributed by atoms with Crippen LogP contribution in [0.4, 0.5) is 5.69 Å². The molecule has 0 bridgehead atoms. The number of nitrogens with zero attached hydrogens (tertiary/aromatic N) is 2. The highest BCUT2D eigenvalue weighted by atomic mass is 16.6. The molecule has 0 radical (unpaired) electrons. The minimum Gasteiger partial charge on any atom is -0.481 e. The average Bonchev–Trinajstić information content (AvgIpc) is 2.37. The van der Waals surface area contributed by atoms with E-state index in [2.05, 4.69) is 4.99 Å². The Kier molecular flexibility index (Phi) is 6.21. The smallest absolute Gasteiger partial charge is 0.303 e. The normalized spacial score (nSPS) is 10.7. The van der Waals surface area contributed by atoms with E-state index in [-0.39, 0.29) is 12.1 Å². The van der Waals surface area contributed by atoms with E-state index >= 15 is 0 Å². The summed E-state index contributed by atoms with van der Waals surface area (Å²) in [6.07, 6.45) is 4.08. The zero-order valence-electron chi connectivity index (χ0n) is 10.5. The standard InChI is InChI=1S/C13H16N2O4/c16-13(17)7-2-1-3-8-14-10-11-5-4-6-12(9-11)15(18)19/h4-6,9-10H,1-3,7-8H2,(H,16,17)/b14-10+. The molecule has 0 heterocycles. The Labute approximate surface area is 110 Å². The van der Waals surface area contributed by atoms with Crippen LogP contribution in [0.1, 0.15) is 31.2 Å². The molecule has 0 spiro atoms. The second-order valence-corrected chi connectivity index (χ2v) is 4.09. The Morgan fingerprint density at radius 2 is 2.16 bits per heavy atom. The largest absolute Gasteiger partial charge is 0.481 e. The number of rotatable bonds is 8. The van der Waals surface area contributed by atoms with Crippen molar-refractivity contribution in [3.63, 3.8) is 0 Å². The van der Waals surface area contributed by atoms with Gasteiger partial charge in [0, 0.05) is 31.3 Å². The second kappa shape index (κ2) is 7.97. The molecule has 0 fully saturated rings. The van der Waals surface area contributed by atoms with E-state index in [1.807, 2.05) is 0 Å². The number of nitro groups is 1. The first-order valence-electron chi connectivity index (χ1n) is 6.05. The summed E-state index contributed by atoms with van der Waals surface area (Å²) in [6.45, 7) is 0.600. The maximum Gasteiger partial charge on any atom is 0.303 e. The Bertz CT molecular complexity index is 471. The highest BCUT2D eigenvalue weighted by Crippen LogP contribution is 2.11. The van der Waals surface area contributed by atoms with Crippen molar-refractivity contribution in [3.8, 4) is 0 Å². The van der Waals surface area contributed by atoms with Crippen molar-refractivity contribution in [1.29, 1.82) is 0 Å². The van der Waals surface area contributed by atoms with Gasteiger partial charge in [-0.05, 0) is 18.4 Å². The molecular formula is C13H16N2O4. The van der Waals surface area contributed by atoms with Gasteiger partial charge in [0.2, 0.25) is 0 Å². The number of nitro benzene ring substituents is 1. The number of aliphatic carboxylic acids is 1. The van der Waals surface area contributed by atoms with Crippen molar-refractivity contribution in [2.24, 2.45) is 4.99 Å². The lowest BCUT2D eigenvalue weighted by Gasteiger charge is -1.96. The monoisotopic (exact) mass is 264 g/mol. The summed E-state index contributed by atoms with van der Waals surface area (Å²) < 4.78 is 0. The van der Waals surface area contributed by atoms with Crippen molar-refractivity contribution in [3.05, 3.63) is 39.9 Å². The molecule has 0 aromatic heterocycles. The molecule has 0 aliphatic carbocycles. The number of unbranched alkanes of at least 4 members (excludes halogenated alkanes) is 2. The summed E-state index contributed by atoms with van der Waals surface area (Å²) >= 11 is 0. The van der Waals surface area contributed by atoms with Crippen LogP contribution in [-0.2, 0) is 4.79 Å². The Balaban J connectivity index is 2.30. The van der Waals surface area contributed by atoms with Gasteiger partial charge in [0.25, 0.3) is 5.69 Å². The van der Waals surface area contributed by atoms with Crippen LogP contribution < -0.4 is 0 Å². The van der Waals surface area contributed by atoms with Crippen LogP contribution in [0.2, 0.25) is 0 Å². The van der Waals surface area contributed by atoms with Crippen LogP contribution in [0.3, 0.4) is 0 Å². The van der Waals surface area contributed by atoms with Crippen molar-refractivity contribution in [1.82, 2.24) is 0 Å². The fourth-order valence-corrected chi connectivity index (χ4v) is 1.54. The molecule has 0 unspecified atom stereocenters. The van der Waals surface area contributed by atoms with Gasteiger partial charge in [-0.25, -0.2) is 0 Å². The zero-order valence-corrected chi connectivity index (χ0v) is 10.5. The average molecular weight is 264 g/mol. The molecule has 1 aromatic carbocycles. The molecule has 0 aliphatic heterocycles. The summed E-state index contributed by atoms with van der Waals surface area (Å²) in [6, 6.07) is 6.27. The van der Waals surface area contributed by atoms with E-state index in [0.29, 0.717) is 18.5 Å². The molecule has 0 amide bonds. The van der Waals surface area contributed by atoms with Crippen molar-refractivity contribution in [2.45, 2.75) is 25.7 Å². The summed E-state index contributed by atoms with van der Waals surface area (Å²) in [4.78, 5) is 24.6. The van der Waals surface area contributed by atoms with Gasteiger partial charge in [0.1, 0.15) is 0 Å². The first kappa shape index (κ1) is 14.8. The molecule has 6 nitrogen and oxygen atoms in total. The van der Waals surface area contributed by atoms with E-state index in [4.69, 9.17) is 5.11 Å². The minimum atomic E-state index is -0.778. The molecule has 1 aromatic rings. The van der Waals surface area contributed by atoms with Crippen LogP contribution in [0, 0.1) is 10.1 Å². The third kappa shape index (κ3) is 6.30. The number of hydrogen-bond acceptors (Lipinski definition) is 4. The molecule has 0 saturated heterocycles. The van der Waals surface area contributed by atoms with E-state index < -0.39 is 10.9 Å². The topological polar surface area (TPSA) is 92.8 Å². The van der Waals surface area contributed by atoms with Gasteiger partial charge in [0.15, 0.2) is 0 Å². The number of benzene rings is 1. The summed E-state index contributed by atoms with van der Waals surface area (Å²) in [5.41, 5.74) is 0.741. The second-order valence-electron chi connectivity index (χ2n) is 4.09. The predicted octanol–water partition coefficient (Wildman–Crippen LogP) is 2.66. The van der Waals surface area contributed by atoms with Gasteiger partial charge in [-0.3, -0.25) is 19.9 Å². The molecule has 0 aliphatic rings. The number of carboxylic acids is 1. The van der Waals surface area contributed by atoms with Crippen LogP contribution in [0.25, 0.3) is 0 Å². The fraction of sp³-hybridized carbons (Fsp3) is 0.385. The quantitative estimate of drug-likeness (QED) is 0.338. The summed E-state index contributed by atoms with van der Waals surface area (Å²) in [7, 11) is 0. The third-order valence-corrected chi connectivity index (χ3v) is 2.50. The van der Waals surface area contributed by atoms with E-state index in [1.165, 1.54) is 12.1 Å². The van der Waals surface area contributed by atoms with Crippen LogP contribution in [-0.4, -0.2) is 28.8 Å². The lowest BCUT2D eigenvalue weighted by atomic mass is 10.2. The number of hydrogen-bond donors (Lipinski definition) is 1. The number of aliphatic imine (C=N–C) groups is 1. The molecule has 1 N–H and O–H groups in total. The fourth-order valence-electron chi connectivity index (χ4n) is 1.54. The Hall–Kier alpha value is -2.24. The number of carbonyl (C=O) groups is 1. The maximum atomic E-state index is 10.6. The third-order valence-electron chi connectivity index (χ3n) is 2.50. The van der Waals surface area contributed by atoms with Gasteiger partial charge in [0.05, 0.1) is 4.92 Å². The summed E-state index contributed by atoms with van der Waals surface area (Å²) in [5, 5.41) is 19.0. The van der Waals surface area contributed by atoms with Crippen molar-refractivity contribution in [2.75, 3.05) is 6.54 Å². The van der Waals surface area contributed by atoms with Crippen molar-refractivity contribution >= 4 is 17.9 Å². The van der Waals surface area contributed by atoms with Crippen molar-refractivity contribution < 1.29 is 14.8 Å². The van der Waals surface area contributed by atoms with Crippen LogP contribution >= 0.6 is 0 Å².